The second-order valence-corrected chi connectivity index (χ2v) is 4.82. The molecule has 8 heteroatoms. The van der Waals surface area contributed by atoms with Crippen LogP contribution in [0.3, 0.4) is 0 Å². The summed E-state index contributed by atoms with van der Waals surface area (Å²) in [5.74, 6) is -3.14. The van der Waals surface area contributed by atoms with Crippen LogP contribution >= 0.6 is 0 Å². The van der Waals surface area contributed by atoms with Gasteiger partial charge >= 0.3 is 6.16 Å². The first-order valence-electron chi connectivity index (χ1n) is 6.58. The Morgan fingerprint density at radius 3 is 2.38 bits per heavy atom. The van der Waals surface area contributed by atoms with Crippen molar-refractivity contribution in [3.05, 3.63) is 70.3 Å². The molecule has 24 heavy (non-hydrogen) atoms. The summed E-state index contributed by atoms with van der Waals surface area (Å²) in [5.41, 5.74) is -0.932. The SMILES string of the molecule is O=C(O)Oc1cn(-c2ccc(F)cc2F)c2ccc(F)cc2c1=O. The van der Waals surface area contributed by atoms with Crippen molar-refractivity contribution in [3.63, 3.8) is 0 Å². The molecule has 1 N–H and O–H groups in total. The van der Waals surface area contributed by atoms with E-state index in [0.29, 0.717) is 6.07 Å². The summed E-state index contributed by atoms with van der Waals surface area (Å²) >= 11 is 0. The van der Waals surface area contributed by atoms with Crippen molar-refractivity contribution in [3.8, 4) is 11.4 Å². The standard InChI is InChI=1S/C16H8F3NO4/c17-8-1-3-12-10(5-8)15(21)14(24-16(22)23)7-20(12)13-4-2-9(18)6-11(13)19/h1-7H,(H,22,23). The number of hydrogen-bond acceptors (Lipinski definition) is 3. The lowest BCUT2D eigenvalue weighted by molar-refractivity contribution is 0.144. The molecule has 0 fully saturated rings. The molecule has 3 rings (SSSR count). The van der Waals surface area contributed by atoms with E-state index in [0.717, 1.165) is 35.0 Å². The molecule has 2 aromatic carbocycles. The average Bonchev–Trinajstić information content (AvgIpc) is 2.50. The van der Waals surface area contributed by atoms with E-state index in [1.807, 2.05) is 0 Å². The smallest absolute Gasteiger partial charge is 0.449 e. The first-order valence-corrected chi connectivity index (χ1v) is 6.58. The maximum atomic E-state index is 14.1. The molecule has 0 radical (unpaired) electrons. The Bertz CT molecular complexity index is 1030. The summed E-state index contributed by atoms with van der Waals surface area (Å²) in [4.78, 5) is 22.9. The highest BCUT2D eigenvalue weighted by Crippen LogP contribution is 2.23. The van der Waals surface area contributed by atoms with Crippen molar-refractivity contribution >= 4 is 17.1 Å². The van der Waals surface area contributed by atoms with Crippen molar-refractivity contribution in [1.82, 2.24) is 4.57 Å². The number of ether oxygens (including phenoxy) is 1. The molecule has 0 saturated heterocycles. The Morgan fingerprint density at radius 2 is 1.71 bits per heavy atom. The number of carboxylic acid groups (broad SMARTS) is 1. The van der Waals surface area contributed by atoms with Crippen molar-refractivity contribution in [1.29, 1.82) is 0 Å². The van der Waals surface area contributed by atoms with Crippen LogP contribution in [0.25, 0.3) is 16.6 Å². The van der Waals surface area contributed by atoms with Gasteiger partial charge in [0, 0.05) is 6.07 Å². The van der Waals surface area contributed by atoms with E-state index in [9.17, 15) is 22.8 Å². The minimum atomic E-state index is -1.76. The number of fused-ring (bicyclic) bond motifs is 1. The van der Waals surface area contributed by atoms with E-state index in [2.05, 4.69) is 4.74 Å². The third-order valence-corrected chi connectivity index (χ3v) is 3.30. The van der Waals surface area contributed by atoms with Crippen molar-refractivity contribution in [2.45, 2.75) is 0 Å². The van der Waals surface area contributed by atoms with Crippen molar-refractivity contribution in [2.24, 2.45) is 0 Å². The molecule has 1 heterocycles. The fourth-order valence-electron chi connectivity index (χ4n) is 2.32. The molecule has 0 atom stereocenters. The first-order chi connectivity index (χ1) is 11.4. The molecule has 0 unspecified atom stereocenters. The molecule has 0 aliphatic rings. The zero-order chi connectivity index (χ0) is 17.4. The van der Waals surface area contributed by atoms with Gasteiger partial charge in [-0.2, -0.15) is 0 Å². The van der Waals surface area contributed by atoms with Crippen LogP contribution in [0.2, 0.25) is 0 Å². The number of hydrogen-bond donors (Lipinski definition) is 1. The van der Waals surface area contributed by atoms with Gasteiger partial charge in [0.05, 0.1) is 22.8 Å². The lowest BCUT2D eigenvalue weighted by atomic mass is 10.1. The molecule has 0 aliphatic carbocycles. The largest absolute Gasteiger partial charge is 0.511 e. The molecular weight excluding hydrogens is 327 g/mol. The topological polar surface area (TPSA) is 68.5 Å². The number of aromatic nitrogens is 1. The molecule has 122 valence electrons. The van der Waals surface area contributed by atoms with E-state index < -0.39 is 34.8 Å². The van der Waals surface area contributed by atoms with E-state index in [-0.39, 0.29) is 16.6 Å². The monoisotopic (exact) mass is 335 g/mol. The first kappa shape index (κ1) is 15.6. The lowest BCUT2D eigenvalue weighted by Crippen LogP contribution is -2.16. The summed E-state index contributed by atoms with van der Waals surface area (Å²) in [6, 6.07) is 5.87. The van der Waals surface area contributed by atoms with E-state index in [1.165, 1.54) is 6.07 Å². The van der Waals surface area contributed by atoms with Crippen LogP contribution in [0.15, 0.2) is 47.4 Å². The second-order valence-electron chi connectivity index (χ2n) is 4.82. The van der Waals surface area contributed by atoms with Gasteiger partial charge in [-0.1, -0.05) is 0 Å². The Hall–Kier alpha value is -3.29. The number of pyridine rings is 1. The highest BCUT2D eigenvalue weighted by atomic mass is 19.1. The number of halogens is 3. The number of carbonyl (C=O) groups is 1. The van der Waals surface area contributed by atoms with Crippen LogP contribution in [0.1, 0.15) is 0 Å². The van der Waals surface area contributed by atoms with Gasteiger partial charge in [-0.25, -0.2) is 18.0 Å². The van der Waals surface area contributed by atoms with Gasteiger partial charge in [-0.3, -0.25) is 4.79 Å². The Kier molecular flexibility index (Phi) is 3.72. The van der Waals surface area contributed by atoms with Gasteiger partial charge < -0.3 is 14.4 Å². The van der Waals surface area contributed by atoms with E-state index in [1.54, 1.807) is 0 Å². The van der Waals surface area contributed by atoms with Gasteiger partial charge in [0.15, 0.2) is 5.75 Å². The van der Waals surface area contributed by atoms with Gasteiger partial charge in [0.2, 0.25) is 5.43 Å². The Labute approximate surface area is 132 Å². The Morgan fingerprint density at radius 1 is 1.04 bits per heavy atom. The van der Waals surface area contributed by atoms with Crippen LogP contribution in [-0.4, -0.2) is 15.8 Å². The molecule has 3 aromatic rings. The lowest BCUT2D eigenvalue weighted by Gasteiger charge is -2.13. The van der Waals surface area contributed by atoms with Gasteiger partial charge in [0.1, 0.15) is 17.5 Å². The predicted molar refractivity (Wildman–Crippen MR) is 78.1 cm³/mol. The number of rotatable bonds is 2. The minimum Gasteiger partial charge on any atom is -0.449 e. The third-order valence-electron chi connectivity index (χ3n) is 3.30. The summed E-state index contributed by atoms with van der Waals surface area (Å²) in [6.07, 6.45) is -0.804. The van der Waals surface area contributed by atoms with Crippen LogP contribution in [0.5, 0.6) is 5.75 Å². The second kappa shape index (κ2) is 5.73. The highest BCUT2D eigenvalue weighted by molar-refractivity contribution is 5.82. The Balaban J connectivity index is 2.39. The van der Waals surface area contributed by atoms with E-state index >= 15 is 0 Å². The molecule has 0 aliphatic heterocycles. The van der Waals surface area contributed by atoms with Gasteiger partial charge in [0.25, 0.3) is 0 Å². The molecule has 5 nitrogen and oxygen atoms in total. The van der Waals surface area contributed by atoms with Gasteiger partial charge in [-0.15, -0.1) is 0 Å². The maximum Gasteiger partial charge on any atom is 0.511 e. The summed E-state index contributed by atoms with van der Waals surface area (Å²) in [7, 11) is 0. The highest BCUT2D eigenvalue weighted by Gasteiger charge is 2.16. The zero-order valence-corrected chi connectivity index (χ0v) is 11.8. The third kappa shape index (κ3) is 2.69. The fourth-order valence-corrected chi connectivity index (χ4v) is 2.32. The molecule has 0 saturated carbocycles. The van der Waals surface area contributed by atoms with Crippen LogP contribution in [0.4, 0.5) is 18.0 Å². The predicted octanol–water partition coefficient (Wildman–Crippen LogP) is 3.46. The zero-order valence-electron chi connectivity index (χ0n) is 11.8. The average molecular weight is 335 g/mol. The molecule has 0 amide bonds. The van der Waals surface area contributed by atoms with Crippen LogP contribution in [-0.2, 0) is 0 Å². The molecule has 0 spiro atoms. The summed E-state index contributed by atoms with van der Waals surface area (Å²) < 4.78 is 46.1. The molecule has 1 aromatic heterocycles. The van der Waals surface area contributed by atoms with Crippen LogP contribution in [0, 0.1) is 17.5 Å². The van der Waals surface area contributed by atoms with Gasteiger partial charge in [-0.05, 0) is 30.3 Å². The maximum absolute atomic E-state index is 14.1. The normalized spacial score (nSPS) is 10.8. The summed E-state index contributed by atoms with van der Waals surface area (Å²) in [5, 5.41) is 8.49. The molecular formula is C16H8F3NO4. The summed E-state index contributed by atoms with van der Waals surface area (Å²) in [6.45, 7) is 0. The van der Waals surface area contributed by atoms with Crippen molar-refractivity contribution in [2.75, 3.05) is 0 Å². The number of nitrogens with zero attached hydrogens (tertiary/aromatic N) is 1. The van der Waals surface area contributed by atoms with Crippen molar-refractivity contribution < 1.29 is 27.8 Å². The van der Waals surface area contributed by atoms with Crippen LogP contribution < -0.4 is 10.2 Å². The van der Waals surface area contributed by atoms with E-state index in [4.69, 9.17) is 5.11 Å². The fraction of sp³-hybridized carbons (Fsp3) is 0. The molecule has 0 bridgehead atoms. The minimum absolute atomic E-state index is 0.102. The number of benzene rings is 2. The quantitative estimate of drug-likeness (QED) is 0.728.